The number of rotatable bonds is 5. The molecule has 1 amide bonds. The second kappa shape index (κ2) is 7.60. The third kappa shape index (κ3) is 4.46. The number of hydrazone groups is 1. The third-order valence-electron chi connectivity index (χ3n) is 2.88. The first-order chi connectivity index (χ1) is 10.7. The van der Waals surface area contributed by atoms with Gasteiger partial charge in [0.2, 0.25) is 0 Å². The number of amides is 1. The number of nitrogens with one attached hydrogen (secondary N) is 1. The predicted molar refractivity (Wildman–Crippen MR) is 83.8 cm³/mol. The molecule has 0 aromatic heterocycles. The van der Waals surface area contributed by atoms with Crippen molar-refractivity contribution in [2.24, 2.45) is 5.10 Å². The minimum atomic E-state index is -0.259. The number of aryl methyl sites for hydroxylation is 1. The molecule has 22 heavy (non-hydrogen) atoms. The zero-order valence-corrected chi connectivity index (χ0v) is 12.1. The molecule has 0 aliphatic rings. The van der Waals surface area contributed by atoms with Gasteiger partial charge in [-0.3, -0.25) is 4.79 Å². The van der Waals surface area contributed by atoms with Crippen LogP contribution in [0.25, 0.3) is 0 Å². The normalized spacial score (nSPS) is 10.2. The SMILES string of the molecule is Cc1ccc(C(=O)N/N=C\c2ccc(OCC#N)cc2)cc1. The van der Waals surface area contributed by atoms with E-state index in [1.165, 1.54) is 0 Å². The molecule has 0 saturated carbocycles. The summed E-state index contributed by atoms with van der Waals surface area (Å²) in [5.74, 6) is 0.354. The quantitative estimate of drug-likeness (QED) is 0.680. The van der Waals surface area contributed by atoms with Crippen LogP contribution >= 0.6 is 0 Å². The maximum absolute atomic E-state index is 11.8. The molecule has 2 rings (SSSR count). The number of nitrogens with zero attached hydrogens (tertiary/aromatic N) is 2. The molecule has 0 bridgehead atoms. The number of carbonyl (C=O) groups is 1. The highest BCUT2D eigenvalue weighted by molar-refractivity contribution is 5.94. The Bertz CT molecular complexity index is 698. The monoisotopic (exact) mass is 293 g/mol. The van der Waals surface area contributed by atoms with Crippen molar-refractivity contribution in [3.05, 3.63) is 65.2 Å². The third-order valence-corrected chi connectivity index (χ3v) is 2.88. The molecule has 110 valence electrons. The zero-order chi connectivity index (χ0) is 15.8. The van der Waals surface area contributed by atoms with Crippen LogP contribution < -0.4 is 10.2 Å². The van der Waals surface area contributed by atoms with Crippen molar-refractivity contribution in [2.75, 3.05) is 6.61 Å². The van der Waals surface area contributed by atoms with E-state index in [1.54, 1.807) is 42.6 Å². The van der Waals surface area contributed by atoms with E-state index in [2.05, 4.69) is 10.5 Å². The first kappa shape index (κ1) is 15.3. The van der Waals surface area contributed by atoms with Gasteiger partial charge in [0.05, 0.1) is 6.21 Å². The van der Waals surface area contributed by atoms with Crippen molar-refractivity contribution < 1.29 is 9.53 Å². The van der Waals surface area contributed by atoms with Gasteiger partial charge in [0.15, 0.2) is 6.61 Å². The van der Waals surface area contributed by atoms with Crippen LogP contribution in [0, 0.1) is 18.3 Å². The van der Waals surface area contributed by atoms with Gasteiger partial charge in [-0.1, -0.05) is 17.7 Å². The number of carbonyl (C=O) groups excluding carboxylic acids is 1. The molecule has 2 aromatic rings. The maximum atomic E-state index is 11.8. The lowest BCUT2D eigenvalue weighted by atomic mass is 10.1. The van der Waals surface area contributed by atoms with Gasteiger partial charge >= 0.3 is 0 Å². The van der Waals surface area contributed by atoms with E-state index in [1.807, 2.05) is 25.1 Å². The standard InChI is InChI=1S/C17H15N3O2/c1-13-2-6-15(7-3-13)17(21)20-19-12-14-4-8-16(9-5-14)22-11-10-18/h2-9,12H,11H2,1H3,(H,20,21)/b19-12-. The minimum absolute atomic E-state index is 0.0139. The van der Waals surface area contributed by atoms with Crippen LogP contribution in [0.4, 0.5) is 0 Å². The Kier molecular flexibility index (Phi) is 5.27. The van der Waals surface area contributed by atoms with Crippen molar-refractivity contribution in [1.29, 1.82) is 5.26 Å². The van der Waals surface area contributed by atoms with Gasteiger partial charge < -0.3 is 4.74 Å². The highest BCUT2D eigenvalue weighted by Gasteiger charge is 2.02. The lowest BCUT2D eigenvalue weighted by Crippen LogP contribution is -2.17. The summed E-state index contributed by atoms with van der Waals surface area (Å²) in [5, 5.41) is 12.3. The zero-order valence-electron chi connectivity index (χ0n) is 12.1. The molecule has 0 fully saturated rings. The first-order valence-corrected chi connectivity index (χ1v) is 6.69. The van der Waals surface area contributed by atoms with Crippen LogP contribution in [0.2, 0.25) is 0 Å². The second-order valence-corrected chi connectivity index (χ2v) is 4.58. The van der Waals surface area contributed by atoms with Crippen LogP contribution in [-0.2, 0) is 0 Å². The Morgan fingerprint density at radius 1 is 1.23 bits per heavy atom. The average Bonchev–Trinajstić information content (AvgIpc) is 2.54. The van der Waals surface area contributed by atoms with Crippen LogP contribution in [-0.4, -0.2) is 18.7 Å². The molecule has 2 aromatic carbocycles. The van der Waals surface area contributed by atoms with Crippen LogP contribution in [0.15, 0.2) is 53.6 Å². The first-order valence-electron chi connectivity index (χ1n) is 6.69. The van der Waals surface area contributed by atoms with Gasteiger partial charge in [0, 0.05) is 5.56 Å². The molecule has 0 aliphatic carbocycles. The molecular formula is C17H15N3O2. The average molecular weight is 293 g/mol. The van der Waals surface area contributed by atoms with E-state index in [0.29, 0.717) is 11.3 Å². The Morgan fingerprint density at radius 2 is 1.91 bits per heavy atom. The fraction of sp³-hybridized carbons (Fsp3) is 0.118. The molecule has 0 aliphatic heterocycles. The van der Waals surface area contributed by atoms with Crippen molar-refractivity contribution in [3.63, 3.8) is 0 Å². The molecule has 5 heteroatoms. The summed E-state index contributed by atoms with van der Waals surface area (Å²) < 4.78 is 5.14. The Hall–Kier alpha value is -3.13. The van der Waals surface area contributed by atoms with Crippen molar-refractivity contribution >= 4 is 12.1 Å². The number of ether oxygens (including phenoxy) is 1. The van der Waals surface area contributed by atoms with E-state index in [9.17, 15) is 4.79 Å². The number of nitriles is 1. The highest BCUT2D eigenvalue weighted by atomic mass is 16.5. The Morgan fingerprint density at radius 3 is 2.55 bits per heavy atom. The maximum Gasteiger partial charge on any atom is 0.271 e. The van der Waals surface area contributed by atoms with Crippen molar-refractivity contribution in [1.82, 2.24) is 5.43 Å². The van der Waals surface area contributed by atoms with E-state index >= 15 is 0 Å². The summed E-state index contributed by atoms with van der Waals surface area (Å²) in [5.41, 5.74) is 4.94. The summed E-state index contributed by atoms with van der Waals surface area (Å²) in [7, 11) is 0. The van der Waals surface area contributed by atoms with Crippen LogP contribution in [0.1, 0.15) is 21.5 Å². The summed E-state index contributed by atoms with van der Waals surface area (Å²) in [6, 6.07) is 16.2. The number of hydrogen-bond acceptors (Lipinski definition) is 4. The van der Waals surface area contributed by atoms with Gasteiger partial charge in [-0.2, -0.15) is 10.4 Å². The highest BCUT2D eigenvalue weighted by Crippen LogP contribution is 2.10. The molecule has 0 atom stereocenters. The van der Waals surface area contributed by atoms with Gasteiger partial charge in [-0.25, -0.2) is 5.43 Å². The van der Waals surface area contributed by atoms with Gasteiger partial charge in [0.1, 0.15) is 11.8 Å². The van der Waals surface area contributed by atoms with Gasteiger partial charge in [-0.15, -0.1) is 0 Å². The van der Waals surface area contributed by atoms with E-state index in [0.717, 1.165) is 11.1 Å². The second-order valence-electron chi connectivity index (χ2n) is 4.58. The molecule has 0 radical (unpaired) electrons. The van der Waals surface area contributed by atoms with Crippen LogP contribution in [0.3, 0.4) is 0 Å². The topological polar surface area (TPSA) is 74.5 Å². The van der Waals surface area contributed by atoms with Crippen LogP contribution in [0.5, 0.6) is 5.75 Å². The fourth-order valence-corrected chi connectivity index (χ4v) is 1.70. The summed E-state index contributed by atoms with van der Waals surface area (Å²) >= 11 is 0. The Balaban J connectivity index is 1.90. The summed E-state index contributed by atoms with van der Waals surface area (Å²) in [6.45, 7) is 1.98. The van der Waals surface area contributed by atoms with Crippen molar-refractivity contribution in [3.8, 4) is 11.8 Å². The van der Waals surface area contributed by atoms with E-state index < -0.39 is 0 Å². The Labute approximate surface area is 128 Å². The molecule has 0 heterocycles. The fourth-order valence-electron chi connectivity index (χ4n) is 1.70. The molecule has 1 N–H and O–H groups in total. The predicted octanol–water partition coefficient (Wildman–Crippen LogP) is 2.66. The smallest absolute Gasteiger partial charge is 0.271 e. The molecular weight excluding hydrogens is 278 g/mol. The summed E-state index contributed by atoms with van der Waals surface area (Å²) in [4.78, 5) is 11.8. The minimum Gasteiger partial charge on any atom is -0.479 e. The number of hydrogen-bond donors (Lipinski definition) is 1. The summed E-state index contributed by atoms with van der Waals surface area (Å²) in [6.07, 6.45) is 1.54. The lowest BCUT2D eigenvalue weighted by Gasteiger charge is -2.02. The van der Waals surface area contributed by atoms with Gasteiger partial charge in [0.25, 0.3) is 5.91 Å². The molecule has 0 unspecified atom stereocenters. The molecule has 5 nitrogen and oxygen atoms in total. The van der Waals surface area contributed by atoms with E-state index in [4.69, 9.17) is 10.00 Å². The number of benzene rings is 2. The lowest BCUT2D eigenvalue weighted by molar-refractivity contribution is 0.0955. The molecule has 0 spiro atoms. The van der Waals surface area contributed by atoms with Crippen molar-refractivity contribution in [2.45, 2.75) is 6.92 Å². The van der Waals surface area contributed by atoms with E-state index in [-0.39, 0.29) is 12.5 Å². The van der Waals surface area contributed by atoms with Gasteiger partial charge in [-0.05, 0) is 48.9 Å². The molecule has 0 saturated heterocycles. The largest absolute Gasteiger partial charge is 0.479 e.